The molecular formula is C36H48N4O2. The number of hydrogen-bond donors (Lipinski definition) is 0. The second-order valence-electron chi connectivity index (χ2n) is 13.9. The summed E-state index contributed by atoms with van der Waals surface area (Å²) in [7, 11) is 1.77. The number of carbonyl (C=O) groups excluding carboxylic acids is 1. The van der Waals surface area contributed by atoms with Crippen LogP contribution in [-0.4, -0.2) is 34.3 Å². The third-order valence-corrected chi connectivity index (χ3v) is 10.9. The quantitative estimate of drug-likeness (QED) is 0.274. The number of aryl methyl sites for hydroxylation is 2. The van der Waals surface area contributed by atoms with Crippen molar-refractivity contribution in [3.8, 4) is 16.9 Å². The van der Waals surface area contributed by atoms with Crippen molar-refractivity contribution in [3.05, 3.63) is 59.5 Å². The van der Waals surface area contributed by atoms with Gasteiger partial charge in [0.2, 0.25) is 5.91 Å². The van der Waals surface area contributed by atoms with Gasteiger partial charge in [-0.2, -0.15) is 5.10 Å². The van der Waals surface area contributed by atoms with Gasteiger partial charge in [-0.25, -0.2) is 4.98 Å². The fourth-order valence-electron chi connectivity index (χ4n) is 8.20. The van der Waals surface area contributed by atoms with Gasteiger partial charge in [0.05, 0.1) is 13.3 Å². The van der Waals surface area contributed by atoms with Crippen LogP contribution in [0.3, 0.4) is 0 Å². The van der Waals surface area contributed by atoms with Crippen LogP contribution in [0, 0.1) is 25.2 Å². The maximum Gasteiger partial charge on any atom is 0.231 e. The van der Waals surface area contributed by atoms with E-state index >= 15 is 0 Å². The Labute approximate surface area is 251 Å². The number of pyridine rings is 1. The molecule has 4 aliphatic rings. The molecule has 4 fully saturated rings. The van der Waals surface area contributed by atoms with Crippen molar-refractivity contribution >= 4 is 11.7 Å². The van der Waals surface area contributed by atoms with Gasteiger partial charge >= 0.3 is 0 Å². The van der Waals surface area contributed by atoms with Gasteiger partial charge in [0.25, 0.3) is 0 Å². The standard InChI is InChI=1S/C36H48N4O2/c1-25(2)40-23-30(22-38-40)29-11-18-37-32(21-29)39(34(41)28-9-7-6-8-10-28)24-35-12-15-36(16-13-35,17-14-35)31-19-26(3)33(42-5)27(4)20-31/h11,18-23,25,28H,6-10,12-17,24H2,1-5H3. The minimum absolute atomic E-state index is 0.112. The Morgan fingerprint density at radius 3 is 2.26 bits per heavy atom. The zero-order chi connectivity index (χ0) is 29.5. The molecule has 0 saturated heterocycles. The molecule has 2 bridgehead atoms. The molecule has 0 N–H and O–H groups in total. The fourth-order valence-corrected chi connectivity index (χ4v) is 8.20. The SMILES string of the molecule is COc1c(C)cc(C23CCC(CN(C(=O)C4CCCCC4)c4cc(-c5cnn(C(C)C)c5)ccn4)(CC2)CC3)cc1C. The van der Waals surface area contributed by atoms with Crippen LogP contribution >= 0.6 is 0 Å². The van der Waals surface area contributed by atoms with Crippen molar-refractivity contribution < 1.29 is 9.53 Å². The molecule has 0 aliphatic heterocycles. The first-order chi connectivity index (χ1) is 20.2. The number of anilines is 1. The Balaban J connectivity index is 1.27. The van der Waals surface area contributed by atoms with E-state index in [-0.39, 0.29) is 22.7 Å². The number of carbonyl (C=O) groups is 1. The van der Waals surface area contributed by atoms with Gasteiger partial charge in [-0.05, 0) is 124 Å². The number of amides is 1. The zero-order valence-corrected chi connectivity index (χ0v) is 26.3. The van der Waals surface area contributed by atoms with Crippen LogP contribution in [0.4, 0.5) is 5.82 Å². The van der Waals surface area contributed by atoms with Crippen molar-refractivity contribution in [2.75, 3.05) is 18.6 Å². The average molecular weight is 569 g/mol. The summed E-state index contributed by atoms with van der Waals surface area (Å²) >= 11 is 0. The number of hydrogen-bond acceptors (Lipinski definition) is 4. The Hall–Kier alpha value is -3.15. The number of aromatic nitrogens is 3. The maximum atomic E-state index is 14.3. The summed E-state index contributed by atoms with van der Waals surface area (Å²) in [5.41, 5.74) is 6.50. The van der Waals surface area contributed by atoms with Crippen molar-refractivity contribution in [1.29, 1.82) is 0 Å². The molecule has 4 saturated carbocycles. The molecule has 224 valence electrons. The molecule has 6 heteroatoms. The lowest BCUT2D eigenvalue weighted by molar-refractivity contribution is -0.124. The van der Waals surface area contributed by atoms with E-state index in [1.54, 1.807) is 7.11 Å². The Morgan fingerprint density at radius 2 is 1.67 bits per heavy atom. The Bertz CT molecular complexity index is 1390. The average Bonchev–Trinajstić information content (AvgIpc) is 3.52. The molecular weight excluding hydrogens is 520 g/mol. The van der Waals surface area contributed by atoms with Crippen molar-refractivity contribution in [3.63, 3.8) is 0 Å². The number of rotatable bonds is 8. The number of benzene rings is 1. The van der Waals surface area contributed by atoms with Crippen LogP contribution in [0.25, 0.3) is 11.1 Å². The molecule has 0 unspecified atom stereocenters. The van der Waals surface area contributed by atoms with Gasteiger partial charge in [-0.15, -0.1) is 0 Å². The molecule has 7 rings (SSSR count). The predicted molar refractivity (Wildman–Crippen MR) is 169 cm³/mol. The second-order valence-corrected chi connectivity index (χ2v) is 13.9. The monoisotopic (exact) mass is 568 g/mol. The summed E-state index contributed by atoms with van der Waals surface area (Å²) in [5.74, 6) is 2.22. The molecule has 1 amide bonds. The summed E-state index contributed by atoms with van der Waals surface area (Å²) in [4.78, 5) is 21.2. The molecule has 3 aromatic rings. The molecule has 6 nitrogen and oxygen atoms in total. The van der Waals surface area contributed by atoms with Crippen molar-refractivity contribution in [1.82, 2.24) is 14.8 Å². The summed E-state index contributed by atoms with van der Waals surface area (Å²) in [6.45, 7) is 9.40. The predicted octanol–water partition coefficient (Wildman–Crippen LogP) is 8.36. The van der Waals surface area contributed by atoms with Crippen LogP contribution in [0.1, 0.15) is 107 Å². The van der Waals surface area contributed by atoms with Crippen LogP contribution in [0.5, 0.6) is 5.75 Å². The fraction of sp³-hybridized carbons (Fsp3) is 0.583. The van der Waals surface area contributed by atoms with Crippen LogP contribution in [0.15, 0.2) is 42.9 Å². The topological polar surface area (TPSA) is 60.2 Å². The van der Waals surface area contributed by atoms with Crippen LogP contribution < -0.4 is 9.64 Å². The van der Waals surface area contributed by atoms with Gasteiger partial charge in [-0.3, -0.25) is 14.4 Å². The molecule has 4 aliphatic carbocycles. The lowest BCUT2D eigenvalue weighted by Crippen LogP contribution is -2.51. The molecule has 1 aromatic carbocycles. The first-order valence-corrected chi connectivity index (χ1v) is 16.2. The molecule has 0 spiro atoms. The molecule has 0 atom stereocenters. The van der Waals surface area contributed by atoms with E-state index in [4.69, 9.17) is 9.72 Å². The summed E-state index contributed by atoms with van der Waals surface area (Å²) in [6, 6.07) is 9.22. The number of methoxy groups -OCH3 is 1. The van der Waals surface area contributed by atoms with Gasteiger partial charge < -0.3 is 4.74 Å². The maximum absolute atomic E-state index is 14.3. The lowest BCUT2D eigenvalue weighted by Gasteiger charge is -2.55. The highest BCUT2D eigenvalue weighted by molar-refractivity contribution is 5.95. The van der Waals surface area contributed by atoms with E-state index < -0.39 is 0 Å². The Kier molecular flexibility index (Phi) is 7.93. The smallest absolute Gasteiger partial charge is 0.231 e. The third kappa shape index (κ3) is 5.38. The Morgan fingerprint density at radius 1 is 1.00 bits per heavy atom. The van der Waals surface area contributed by atoms with Gasteiger partial charge in [0, 0.05) is 36.5 Å². The van der Waals surface area contributed by atoms with Crippen molar-refractivity contribution in [2.45, 2.75) is 110 Å². The highest BCUT2D eigenvalue weighted by Gasteiger charge is 2.51. The number of fused-ring (bicyclic) bond motifs is 3. The number of ether oxygens (including phenoxy) is 1. The van der Waals surface area contributed by atoms with E-state index in [1.807, 2.05) is 23.1 Å². The third-order valence-electron chi connectivity index (χ3n) is 10.9. The van der Waals surface area contributed by atoms with Gasteiger partial charge in [0.1, 0.15) is 11.6 Å². The van der Waals surface area contributed by atoms with E-state index in [0.29, 0.717) is 6.04 Å². The van der Waals surface area contributed by atoms with E-state index in [0.717, 1.165) is 74.2 Å². The lowest BCUT2D eigenvalue weighted by atomic mass is 9.51. The summed E-state index contributed by atoms with van der Waals surface area (Å²) < 4.78 is 7.66. The highest BCUT2D eigenvalue weighted by Crippen LogP contribution is 2.58. The van der Waals surface area contributed by atoms with E-state index in [9.17, 15) is 4.79 Å². The number of nitrogens with zero attached hydrogens (tertiary/aromatic N) is 4. The molecule has 42 heavy (non-hydrogen) atoms. The second kappa shape index (κ2) is 11.5. The zero-order valence-electron chi connectivity index (χ0n) is 26.3. The summed E-state index contributed by atoms with van der Waals surface area (Å²) in [5, 5.41) is 4.56. The molecule has 0 radical (unpaired) electrons. The first-order valence-electron chi connectivity index (χ1n) is 16.2. The normalized spacial score (nSPS) is 24.2. The van der Waals surface area contributed by atoms with Crippen LogP contribution in [-0.2, 0) is 10.2 Å². The first kappa shape index (κ1) is 28.9. The minimum Gasteiger partial charge on any atom is -0.496 e. The minimum atomic E-state index is 0.112. The van der Waals surface area contributed by atoms with Gasteiger partial charge in [-0.1, -0.05) is 31.4 Å². The highest BCUT2D eigenvalue weighted by atomic mass is 16.5. The summed E-state index contributed by atoms with van der Waals surface area (Å²) in [6.07, 6.45) is 18.5. The van der Waals surface area contributed by atoms with E-state index in [1.165, 1.54) is 42.4 Å². The van der Waals surface area contributed by atoms with Crippen molar-refractivity contribution in [2.24, 2.45) is 11.3 Å². The van der Waals surface area contributed by atoms with Gasteiger partial charge in [0.15, 0.2) is 0 Å². The largest absolute Gasteiger partial charge is 0.496 e. The molecule has 2 heterocycles. The van der Waals surface area contributed by atoms with E-state index in [2.05, 4.69) is 62.1 Å². The van der Waals surface area contributed by atoms with Crippen LogP contribution in [0.2, 0.25) is 0 Å². The molecule has 2 aromatic heterocycles.